The first-order chi connectivity index (χ1) is 12.0. The van der Waals surface area contributed by atoms with Gasteiger partial charge in [0.1, 0.15) is 18.6 Å². The van der Waals surface area contributed by atoms with Crippen LogP contribution in [0.4, 0.5) is 4.39 Å². The highest BCUT2D eigenvalue weighted by Crippen LogP contribution is 2.26. The second-order valence-electron chi connectivity index (χ2n) is 5.23. The number of thiazole rings is 2. The fourth-order valence-electron chi connectivity index (χ4n) is 2.59. The Kier molecular flexibility index (Phi) is 4.03. The van der Waals surface area contributed by atoms with Gasteiger partial charge in [-0.2, -0.15) is 8.97 Å². The summed E-state index contributed by atoms with van der Waals surface area (Å²) >= 11 is 8.51. The van der Waals surface area contributed by atoms with E-state index in [4.69, 9.17) is 11.6 Å². The van der Waals surface area contributed by atoms with E-state index < -0.39 is 5.82 Å². The lowest BCUT2D eigenvalue weighted by Gasteiger charge is -2.07. The average molecular weight is 395 g/mol. The van der Waals surface area contributed by atoms with E-state index in [0.29, 0.717) is 21.5 Å². The standard InChI is InChI=1S/C16H9ClFN3O2S2/c17-15-19-7-11(25-15)8-21-14(23)12(9-1-3-10(18)4-2-9)13(22)20-5-6-24-16(20)21/h1-7H,8H2/p+1. The molecule has 1 N–H and O–H groups in total. The van der Waals surface area contributed by atoms with E-state index in [0.717, 1.165) is 4.88 Å². The topological polar surface area (TPSA) is 58.5 Å². The number of hydrogen-bond acceptors (Lipinski definition) is 5. The Bertz CT molecular complexity index is 1130. The van der Waals surface area contributed by atoms with Gasteiger partial charge in [-0.25, -0.2) is 14.2 Å². The van der Waals surface area contributed by atoms with Gasteiger partial charge in [0.15, 0.2) is 10.0 Å². The number of nitrogens with zero attached hydrogens (tertiary/aromatic N) is 3. The van der Waals surface area contributed by atoms with Crippen LogP contribution >= 0.6 is 34.3 Å². The predicted octanol–water partition coefficient (Wildman–Crippen LogP) is 3.32. The number of aromatic nitrogens is 3. The van der Waals surface area contributed by atoms with Gasteiger partial charge in [-0.1, -0.05) is 35.1 Å². The van der Waals surface area contributed by atoms with Crippen LogP contribution in [-0.4, -0.2) is 14.5 Å². The van der Waals surface area contributed by atoms with Crippen LogP contribution in [0.3, 0.4) is 0 Å². The predicted molar refractivity (Wildman–Crippen MR) is 95.0 cm³/mol. The van der Waals surface area contributed by atoms with Gasteiger partial charge in [-0.05, 0) is 17.7 Å². The Morgan fingerprint density at radius 2 is 2.08 bits per heavy atom. The SMILES string of the molecule is O=c1c(-c2ccc(F)cc2)c(O)[n+](Cc2cnc(Cl)s2)c2sccn12. The fraction of sp³-hybridized carbons (Fsp3) is 0.0625. The highest BCUT2D eigenvalue weighted by Gasteiger charge is 2.26. The number of aromatic hydroxyl groups is 1. The third-order valence-corrected chi connectivity index (χ3v) is 5.69. The molecular formula is C16H10ClFN3O2S2+. The van der Waals surface area contributed by atoms with Crippen LogP contribution in [0.2, 0.25) is 4.47 Å². The van der Waals surface area contributed by atoms with Gasteiger partial charge in [0.2, 0.25) is 0 Å². The second kappa shape index (κ2) is 6.21. The van der Waals surface area contributed by atoms with E-state index in [1.807, 2.05) is 0 Å². The molecule has 3 heterocycles. The van der Waals surface area contributed by atoms with Gasteiger partial charge in [0.05, 0.1) is 4.88 Å². The normalized spacial score (nSPS) is 11.3. The van der Waals surface area contributed by atoms with Gasteiger partial charge in [0, 0.05) is 11.6 Å². The maximum Gasteiger partial charge on any atom is 0.355 e. The van der Waals surface area contributed by atoms with E-state index in [-0.39, 0.29) is 17.0 Å². The first-order valence-corrected chi connectivity index (χ1v) is 9.23. The van der Waals surface area contributed by atoms with Crippen LogP contribution in [0.25, 0.3) is 16.1 Å². The van der Waals surface area contributed by atoms with E-state index in [9.17, 15) is 14.3 Å². The Morgan fingerprint density at radius 3 is 2.76 bits per heavy atom. The van der Waals surface area contributed by atoms with Crippen LogP contribution in [0.5, 0.6) is 5.88 Å². The minimum Gasteiger partial charge on any atom is -0.477 e. The highest BCUT2D eigenvalue weighted by molar-refractivity contribution is 7.15. The second-order valence-corrected chi connectivity index (χ2v) is 7.80. The molecule has 0 radical (unpaired) electrons. The third kappa shape index (κ3) is 2.82. The Balaban J connectivity index is 1.97. The van der Waals surface area contributed by atoms with Crippen molar-refractivity contribution in [1.82, 2.24) is 9.38 Å². The zero-order chi connectivity index (χ0) is 17.6. The fourth-order valence-corrected chi connectivity index (χ4v) is 4.39. The summed E-state index contributed by atoms with van der Waals surface area (Å²) in [6.07, 6.45) is 3.27. The summed E-state index contributed by atoms with van der Waals surface area (Å²) in [5, 5.41) is 12.6. The maximum atomic E-state index is 13.2. The minimum absolute atomic E-state index is 0.117. The molecule has 0 saturated heterocycles. The Morgan fingerprint density at radius 1 is 1.32 bits per heavy atom. The lowest BCUT2D eigenvalue weighted by Crippen LogP contribution is -2.40. The maximum absolute atomic E-state index is 13.2. The molecule has 0 aliphatic carbocycles. The molecule has 0 amide bonds. The van der Waals surface area contributed by atoms with Crippen LogP contribution in [-0.2, 0) is 6.54 Å². The minimum atomic E-state index is -0.410. The van der Waals surface area contributed by atoms with Crippen molar-refractivity contribution >= 4 is 39.2 Å². The number of hydrogen-bond donors (Lipinski definition) is 1. The van der Waals surface area contributed by atoms with Crippen LogP contribution in [0, 0.1) is 5.82 Å². The van der Waals surface area contributed by atoms with Gasteiger partial charge >= 0.3 is 10.5 Å². The summed E-state index contributed by atoms with van der Waals surface area (Å²) in [7, 11) is 0. The molecule has 0 bridgehead atoms. The zero-order valence-corrected chi connectivity index (χ0v) is 14.9. The van der Waals surface area contributed by atoms with Crippen molar-refractivity contribution < 1.29 is 14.1 Å². The Labute approximate surface area is 153 Å². The first kappa shape index (κ1) is 16.2. The van der Waals surface area contributed by atoms with Crippen LogP contribution in [0.1, 0.15) is 4.88 Å². The quantitative estimate of drug-likeness (QED) is 0.542. The molecule has 0 aliphatic heterocycles. The average Bonchev–Trinajstić information content (AvgIpc) is 3.22. The monoisotopic (exact) mass is 394 g/mol. The van der Waals surface area contributed by atoms with Crippen LogP contribution < -0.4 is 10.1 Å². The summed E-state index contributed by atoms with van der Waals surface area (Å²) < 4.78 is 16.7. The first-order valence-electron chi connectivity index (χ1n) is 7.15. The number of rotatable bonds is 3. The molecule has 0 saturated carbocycles. The molecule has 4 rings (SSSR count). The molecule has 25 heavy (non-hydrogen) atoms. The lowest BCUT2D eigenvalue weighted by molar-refractivity contribution is -0.669. The van der Waals surface area contributed by atoms with Crippen molar-refractivity contribution in [3.8, 4) is 17.0 Å². The smallest absolute Gasteiger partial charge is 0.355 e. The summed E-state index contributed by atoms with van der Waals surface area (Å²) in [5.74, 6) is -0.587. The Hall–Kier alpha value is -2.29. The van der Waals surface area contributed by atoms with Crippen molar-refractivity contribution in [1.29, 1.82) is 0 Å². The van der Waals surface area contributed by atoms with Gasteiger partial charge in [0.25, 0.3) is 5.88 Å². The van der Waals surface area contributed by atoms with Gasteiger partial charge in [-0.15, -0.1) is 11.3 Å². The molecule has 0 fully saturated rings. The zero-order valence-electron chi connectivity index (χ0n) is 12.5. The van der Waals surface area contributed by atoms with Crippen molar-refractivity contribution in [2.45, 2.75) is 6.54 Å². The van der Waals surface area contributed by atoms with E-state index >= 15 is 0 Å². The van der Waals surface area contributed by atoms with Crippen molar-refractivity contribution in [3.05, 3.63) is 67.6 Å². The molecule has 0 unspecified atom stereocenters. The molecular weight excluding hydrogens is 385 g/mol. The molecule has 1 aromatic carbocycles. The summed E-state index contributed by atoms with van der Waals surface area (Å²) in [6, 6.07) is 5.45. The van der Waals surface area contributed by atoms with E-state index in [1.165, 1.54) is 51.3 Å². The van der Waals surface area contributed by atoms with Crippen molar-refractivity contribution in [3.63, 3.8) is 0 Å². The van der Waals surface area contributed by atoms with E-state index in [2.05, 4.69) is 4.98 Å². The molecule has 3 aromatic heterocycles. The van der Waals surface area contributed by atoms with Gasteiger partial charge < -0.3 is 5.11 Å². The largest absolute Gasteiger partial charge is 0.477 e. The summed E-state index contributed by atoms with van der Waals surface area (Å²) in [5.41, 5.74) is 0.200. The molecule has 9 heteroatoms. The van der Waals surface area contributed by atoms with E-state index in [1.54, 1.807) is 22.3 Å². The van der Waals surface area contributed by atoms with Crippen LogP contribution in [0.15, 0.2) is 46.8 Å². The van der Waals surface area contributed by atoms with Crippen molar-refractivity contribution in [2.24, 2.45) is 0 Å². The molecule has 0 spiro atoms. The summed E-state index contributed by atoms with van der Waals surface area (Å²) in [6.45, 7) is 0.314. The van der Waals surface area contributed by atoms with Crippen molar-refractivity contribution in [2.75, 3.05) is 0 Å². The third-order valence-electron chi connectivity index (χ3n) is 3.70. The molecule has 4 aromatic rings. The highest BCUT2D eigenvalue weighted by atomic mass is 35.5. The number of fused-ring (bicyclic) bond motifs is 1. The number of benzene rings is 1. The van der Waals surface area contributed by atoms with Gasteiger partial charge in [-0.3, -0.25) is 0 Å². The molecule has 5 nitrogen and oxygen atoms in total. The molecule has 0 aliphatic rings. The number of halogens is 2. The lowest BCUT2D eigenvalue weighted by atomic mass is 10.1. The molecule has 126 valence electrons. The molecule has 0 atom stereocenters. The summed E-state index contributed by atoms with van der Waals surface area (Å²) in [4.78, 5) is 18.2.